The quantitative estimate of drug-likeness (QED) is 0.536. The number of benzene rings is 1. The molecule has 6 heteroatoms. The number of rotatable bonds is 5. The van der Waals surface area contributed by atoms with Gasteiger partial charge in [-0.05, 0) is 39.0 Å². The molecule has 2 rings (SSSR count). The Morgan fingerprint density at radius 3 is 2.42 bits per heavy atom. The molecule has 0 aliphatic rings. The molecule has 26 heavy (non-hydrogen) atoms. The van der Waals surface area contributed by atoms with E-state index in [9.17, 15) is 14.4 Å². The predicted molar refractivity (Wildman–Crippen MR) is 105 cm³/mol. The maximum Gasteiger partial charge on any atom is 0.311 e. The number of fused-ring (bicyclic) bond motifs is 1. The van der Waals surface area contributed by atoms with Gasteiger partial charge in [0.05, 0.1) is 12.0 Å². The van der Waals surface area contributed by atoms with E-state index in [4.69, 9.17) is 4.74 Å². The predicted octanol–water partition coefficient (Wildman–Crippen LogP) is 4.19. The van der Waals surface area contributed by atoms with Crippen molar-refractivity contribution in [2.75, 3.05) is 6.61 Å². The molecule has 0 bridgehead atoms. The van der Waals surface area contributed by atoms with Crippen LogP contribution in [0, 0.1) is 10.8 Å². The summed E-state index contributed by atoms with van der Waals surface area (Å²) in [5.41, 5.74) is -0.765. The zero-order valence-electron chi connectivity index (χ0n) is 15.8. The van der Waals surface area contributed by atoms with Gasteiger partial charge < -0.3 is 9.30 Å². The monoisotopic (exact) mass is 421 g/mol. The van der Waals surface area contributed by atoms with E-state index in [1.54, 1.807) is 45.2 Å². The number of halogens is 1. The van der Waals surface area contributed by atoms with E-state index in [0.29, 0.717) is 22.9 Å². The molecular weight excluding hydrogens is 398 g/mol. The van der Waals surface area contributed by atoms with Crippen LogP contribution in [0.4, 0.5) is 0 Å². The number of esters is 1. The van der Waals surface area contributed by atoms with Crippen molar-refractivity contribution < 1.29 is 14.3 Å². The SMILES string of the molecule is CC(C)(COC(=O)C(C)(C)C)Cn1cc(C=O)c2cc(Br)ccc2c1=O. The summed E-state index contributed by atoms with van der Waals surface area (Å²) in [6.07, 6.45) is 2.31. The topological polar surface area (TPSA) is 65.4 Å². The van der Waals surface area contributed by atoms with Crippen molar-refractivity contribution in [3.8, 4) is 0 Å². The molecule has 0 amide bonds. The maximum absolute atomic E-state index is 12.8. The highest BCUT2D eigenvalue weighted by Crippen LogP contribution is 2.24. The molecule has 0 atom stereocenters. The smallest absolute Gasteiger partial charge is 0.311 e. The molecule has 0 saturated heterocycles. The van der Waals surface area contributed by atoms with Gasteiger partial charge >= 0.3 is 5.97 Å². The molecule has 0 aliphatic carbocycles. The van der Waals surface area contributed by atoms with Crippen LogP contribution in [-0.4, -0.2) is 23.4 Å². The van der Waals surface area contributed by atoms with Crippen molar-refractivity contribution in [2.24, 2.45) is 10.8 Å². The van der Waals surface area contributed by atoms with Gasteiger partial charge in [-0.25, -0.2) is 0 Å². The largest absolute Gasteiger partial charge is 0.465 e. The Hall–Kier alpha value is -1.95. The van der Waals surface area contributed by atoms with Gasteiger partial charge in [-0.1, -0.05) is 29.8 Å². The van der Waals surface area contributed by atoms with Crippen LogP contribution in [-0.2, 0) is 16.1 Å². The maximum atomic E-state index is 12.8. The van der Waals surface area contributed by atoms with Gasteiger partial charge in [0.25, 0.3) is 5.56 Å². The summed E-state index contributed by atoms with van der Waals surface area (Å²) in [7, 11) is 0. The number of aromatic nitrogens is 1. The minimum Gasteiger partial charge on any atom is -0.465 e. The fourth-order valence-electron chi connectivity index (χ4n) is 2.59. The van der Waals surface area contributed by atoms with Gasteiger partial charge in [-0.3, -0.25) is 14.4 Å². The average Bonchev–Trinajstić information content (AvgIpc) is 2.54. The highest BCUT2D eigenvalue weighted by Gasteiger charge is 2.27. The summed E-state index contributed by atoms with van der Waals surface area (Å²) in [6, 6.07) is 5.25. The Labute approximate surface area is 161 Å². The van der Waals surface area contributed by atoms with Crippen LogP contribution in [0.15, 0.2) is 33.7 Å². The first-order valence-corrected chi connectivity index (χ1v) is 9.19. The second-order valence-electron chi connectivity index (χ2n) is 8.32. The molecule has 0 spiro atoms. The van der Waals surface area contributed by atoms with Gasteiger partial charge in [-0.2, -0.15) is 0 Å². The highest BCUT2D eigenvalue weighted by molar-refractivity contribution is 9.10. The third-order valence-electron chi connectivity index (χ3n) is 4.01. The zero-order chi connectivity index (χ0) is 19.7. The molecule has 0 aliphatic heterocycles. The van der Waals surface area contributed by atoms with E-state index >= 15 is 0 Å². The fraction of sp³-hybridized carbons (Fsp3) is 0.450. The highest BCUT2D eigenvalue weighted by atomic mass is 79.9. The van der Waals surface area contributed by atoms with E-state index in [2.05, 4.69) is 15.9 Å². The molecule has 1 aromatic heterocycles. The summed E-state index contributed by atoms with van der Waals surface area (Å²) >= 11 is 3.36. The second kappa shape index (κ2) is 7.35. The number of hydrogen-bond donors (Lipinski definition) is 0. The summed E-state index contributed by atoms with van der Waals surface area (Å²) in [6.45, 7) is 9.74. The lowest BCUT2D eigenvalue weighted by molar-refractivity contribution is -0.156. The number of ether oxygens (including phenoxy) is 1. The number of pyridine rings is 1. The van der Waals surface area contributed by atoms with Crippen LogP contribution >= 0.6 is 15.9 Å². The number of nitrogens with zero attached hydrogens (tertiary/aromatic N) is 1. The number of carbonyl (C=O) groups is 2. The van der Waals surface area contributed by atoms with E-state index < -0.39 is 10.8 Å². The molecular formula is C20H24BrNO4. The van der Waals surface area contributed by atoms with Crippen LogP contribution in [0.2, 0.25) is 0 Å². The van der Waals surface area contributed by atoms with Crippen molar-refractivity contribution in [3.05, 3.63) is 44.8 Å². The first kappa shape index (κ1) is 20.4. The lowest BCUT2D eigenvalue weighted by atomic mass is 9.93. The molecule has 2 aromatic rings. The summed E-state index contributed by atoms with van der Waals surface area (Å²) in [5, 5.41) is 1.10. The number of carbonyl (C=O) groups excluding carboxylic acids is 2. The van der Waals surface area contributed by atoms with E-state index in [-0.39, 0.29) is 18.1 Å². The van der Waals surface area contributed by atoms with Crippen molar-refractivity contribution in [1.29, 1.82) is 0 Å². The third-order valence-corrected chi connectivity index (χ3v) is 4.50. The van der Waals surface area contributed by atoms with Crippen molar-refractivity contribution in [1.82, 2.24) is 4.57 Å². The number of aldehydes is 1. The van der Waals surface area contributed by atoms with E-state index in [1.165, 1.54) is 4.57 Å². The van der Waals surface area contributed by atoms with Crippen LogP contribution < -0.4 is 5.56 Å². The summed E-state index contributed by atoms with van der Waals surface area (Å²) < 4.78 is 7.74. The van der Waals surface area contributed by atoms with Crippen molar-refractivity contribution in [3.63, 3.8) is 0 Å². The van der Waals surface area contributed by atoms with Crippen LogP contribution in [0.3, 0.4) is 0 Å². The van der Waals surface area contributed by atoms with Gasteiger partial charge in [0.2, 0.25) is 0 Å². The van der Waals surface area contributed by atoms with Gasteiger partial charge in [-0.15, -0.1) is 0 Å². The number of hydrogen-bond acceptors (Lipinski definition) is 4. The Kier molecular flexibility index (Phi) is 5.76. The van der Waals surface area contributed by atoms with Gasteiger partial charge in [0.1, 0.15) is 0 Å². The molecule has 140 valence electrons. The minimum atomic E-state index is -0.575. The Bertz CT molecular complexity index is 906. The van der Waals surface area contributed by atoms with E-state index in [0.717, 1.165) is 10.8 Å². The molecule has 0 radical (unpaired) electrons. The minimum absolute atomic E-state index is 0.173. The molecule has 5 nitrogen and oxygen atoms in total. The van der Waals surface area contributed by atoms with Crippen molar-refractivity contribution in [2.45, 2.75) is 41.2 Å². The van der Waals surface area contributed by atoms with Crippen LogP contribution in [0.1, 0.15) is 45.0 Å². The lowest BCUT2D eigenvalue weighted by Gasteiger charge is -2.27. The van der Waals surface area contributed by atoms with Crippen LogP contribution in [0.5, 0.6) is 0 Å². The van der Waals surface area contributed by atoms with E-state index in [1.807, 2.05) is 13.8 Å². The molecule has 0 N–H and O–H groups in total. The standard InChI is InChI=1S/C20H24BrNO4/c1-19(2,3)18(25)26-12-20(4,5)11-22-9-13(10-23)16-8-14(21)6-7-15(16)17(22)24/h6-10H,11-12H2,1-5H3. The summed E-state index contributed by atoms with van der Waals surface area (Å²) in [4.78, 5) is 36.3. The Balaban J connectivity index is 2.34. The lowest BCUT2D eigenvalue weighted by Crippen LogP contribution is -2.34. The van der Waals surface area contributed by atoms with Gasteiger partial charge in [0, 0.05) is 39.0 Å². The first-order chi connectivity index (χ1) is 11.9. The van der Waals surface area contributed by atoms with Gasteiger partial charge in [0.15, 0.2) is 6.29 Å². The molecule has 0 unspecified atom stereocenters. The Morgan fingerprint density at radius 1 is 1.19 bits per heavy atom. The first-order valence-electron chi connectivity index (χ1n) is 8.40. The molecule has 0 saturated carbocycles. The summed E-state index contributed by atoms with van der Waals surface area (Å²) in [5.74, 6) is -0.283. The second-order valence-corrected chi connectivity index (χ2v) is 9.23. The fourth-order valence-corrected chi connectivity index (χ4v) is 2.95. The molecule has 1 aromatic carbocycles. The molecule has 1 heterocycles. The molecule has 0 fully saturated rings. The Morgan fingerprint density at radius 2 is 1.85 bits per heavy atom. The van der Waals surface area contributed by atoms with Crippen molar-refractivity contribution >= 4 is 39.0 Å². The van der Waals surface area contributed by atoms with Crippen LogP contribution in [0.25, 0.3) is 10.8 Å². The average molecular weight is 422 g/mol. The third kappa shape index (κ3) is 4.61. The zero-order valence-corrected chi connectivity index (χ0v) is 17.3. The normalized spacial score (nSPS) is 12.2.